The molecule has 1 atom stereocenters. The van der Waals surface area contributed by atoms with Crippen LogP contribution in [0.15, 0.2) is 22.7 Å². The molecule has 1 N–H and O–H groups in total. The number of aromatic nitrogens is 2. The average Bonchev–Trinajstić information content (AvgIpc) is 3.34. The number of nitrogens with zero attached hydrogens (tertiary/aromatic N) is 3. The Morgan fingerprint density at radius 2 is 2.33 bits per heavy atom. The zero-order valence-corrected chi connectivity index (χ0v) is 14.9. The normalized spacial score (nSPS) is 18.8. The third-order valence-electron chi connectivity index (χ3n) is 4.67. The van der Waals surface area contributed by atoms with Crippen LogP contribution in [0.25, 0.3) is 0 Å². The molecular formula is C18H20N4O5. The molecule has 2 aliphatic rings. The first kappa shape index (κ1) is 17.5. The fraction of sp³-hybridized carbons (Fsp3) is 0.444. The summed E-state index contributed by atoms with van der Waals surface area (Å²) in [5.41, 5.74) is 1.07. The van der Waals surface area contributed by atoms with Gasteiger partial charge in [0.05, 0.1) is 12.3 Å². The summed E-state index contributed by atoms with van der Waals surface area (Å²) in [5, 5.41) is 6.68. The van der Waals surface area contributed by atoms with Crippen LogP contribution in [-0.2, 0) is 16.0 Å². The van der Waals surface area contributed by atoms with Crippen molar-refractivity contribution in [2.24, 2.45) is 0 Å². The van der Waals surface area contributed by atoms with E-state index < -0.39 is 0 Å². The van der Waals surface area contributed by atoms with Crippen molar-refractivity contribution in [3.05, 3.63) is 35.5 Å². The van der Waals surface area contributed by atoms with Crippen LogP contribution >= 0.6 is 0 Å². The lowest BCUT2D eigenvalue weighted by Crippen LogP contribution is -2.31. The summed E-state index contributed by atoms with van der Waals surface area (Å²) in [5.74, 6) is 1.19. The summed E-state index contributed by atoms with van der Waals surface area (Å²) in [6, 6.07) is 4.78. The van der Waals surface area contributed by atoms with Gasteiger partial charge in [-0.1, -0.05) is 5.16 Å². The van der Waals surface area contributed by atoms with Crippen LogP contribution in [0.3, 0.4) is 0 Å². The molecule has 0 radical (unpaired) electrons. The van der Waals surface area contributed by atoms with E-state index in [4.69, 9.17) is 14.0 Å². The minimum absolute atomic E-state index is 0.0524. The Bertz CT molecular complexity index is 865. The van der Waals surface area contributed by atoms with E-state index in [2.05, 4.69) is 15.5 Å². The molecule has 9 heteroatoms. The van der Waals surface area contributed by atoms with Crippen molar-refractivity contribution in [2.45, 2.75) is 25.3 Å². The molecule has 1 aromatic heterocycles. The van der Waals surface area contributed by atoms with E-state index in [1.165, 1.54) is 0 Å². The van der Waals surface area contributed by atoms with E-state index in [1.54, 1.807) is 30.2 Å². The van der Waals surface area contributed by atoms with E-state index in [9.17, 15) is 9.59 Å². The highest BCUT2D eigenvalue weighted by Crippen LogP contribution is 2.34. The van der Waals surface area contributed by atoms with Gasteiger partial charge in [-0.2, -0.15) is 4.98 Å². The molecule has 2 amide bonds. The van der Waals surface area contributed by atoms with Crippen molar-refractivity contribution < 1.29 is 23.6 Å². The first-order valence-corrected chi connectivity index (χ1v) is 8.85. The summed E-state index contributed by atoms with van der Waals surface area (Å²) < 4.78 is 15.8. The fourth-order valence-electron chi connectivity index (χ4n) is 3.34. The third-order valence-corrected chi connectivity index (χ3v) is 4.67. The molecule has 0 saturated carbocycles. The number of ether oxygens (including phenoxy) is 2. The number of methoxy groups -OCH3 is 1. The van der Waals surface area contributed by atoms with Crippen LogP contribution in [-0.4, -0.2) is 53.7 Å². The van der Waals surface area contributed by atoms with Gasteiger partial charge in [0.1, 0.15) is 11.8 Å². The Balaban J connectivity index is 1.52. The number of carbonyl (C=O) groups is 2. The van der Waals surface area contributed by atoms with Crippen molar-refractivity contribution >= 4 is 17.5 Å². The monoisotopic (exact) mass is 372 g/mol. The van der Waals surface area contributed by atoms with E-state index in [0.717, 1.165) is 12.8 Å². The SMILES string of the molecule is COCCc1noc([C@@H]2CCCN2C(=O)c2ccc3c(c2)OCC(=O)N3)n1. The number of hydrogen-bond acceptors (Lipinski definition) is 7. The third kappa shape index (κ3) is 3.50. The standard InChI is InChI=1S/C18H20N4O5/c1-25-8-6-15-20-17(27-21-15)13-3-2-7-22(13)18(24)11-4-5-12-14(9-11)26-10-16(23)19-12/h4-5,9,13H,2-3,6-8,10H2,1H3,(H,19,23)/t13-/m0/s1. The maximum absolute atomic E-state index is 13.0. The highest BCUT2D eigenvalue weighted by Gasteiger charge is 2.35. The van der Waals surface area contributed by atoms with E-state index >= 15 is 0 Å². The van der Waals surface area contributed by atoms with Crippen LogP contribution < -0.4 is 10.1 Å². The summed E-state index contributed by atoms with van der Waals surface area (Å²) in [4.78, 5) is 30.6. The summed E-state index contributed by atoms with van der Waals surface area (Å²) in [6.07, 6.45) is 2.20. The zero-order chi connectivity index (χ0) is 18.8. The topological polar surface area (TPSA) is 107 Å². The predicted molar refractivity (Wildman–Crippen MR) is 93.5 cm³/mol. The molecule has 0 aliphatic carbocycles. The van der Waals surface area contributed by atoms with Gasteiger partial charge in [0, 0.05) is 25.6 Å². The molecule has 9 nitrogen and oxygen atoms in total. The van der Waals surface area contributed by atoms with Crippen LogP contribution in [0.1, 0.15) is 41.0 Å². The van der Waals surface area contributed by atoms with Crippen molar-refractivity contribution in [3.63, 3.8) is 0 Å². The molecule has 27 heavy (non-hydrogen) atoms. The largest absolute Gasteiger partial charge is 0.482 e. The number of fused-ring (bicyclic) bond motifs is 1. The Hall–Kier alpha value is -2.94. The predicted octanol–water partition coefficient (Wildman–Crippen LogP) is 1.57. The number of carbonyl (C=O) groups excluding carboxylic acids is 2. The minimum atomic E-state index is -0.238. The molecule has 0 spiro atoms. The van der Waals surface area contributed by atoms with Gasteiger partial charge in [-0.25, -0.2) is 0 Å². The van der Waals surface area contributed by atoms with Crippen molar-refractivity contribution in [1.82, 2.24) is 15.0 Å². The van der Waals surface area contributed by atoms with Crippen molar-refractivity contribution in [2.75, 3.05) is 32.2 Å². The number of nitrogens with one attached hydrogen (secondary N) is 1. The first-order valence-electron chi connectivity index (χ1n) is 8.85. The van der Waals surface area contributed by atoms with Gasteiger partial charge in [-0.05, 0) is 31.0 Å². The maximum atomic E-state index is 13.0. The van der Waals surface area contributed by atoms with Crippen molar-refractivity contribution in [3.8, 4) is 5.75 Å². The van der Waals surface area contributed by atoms with Gasteiger partial charge in [-0.15, -0.1) is 0 Å². The molecule has 4 rings (SSSR count). The quantitative estimate of drug-likeness (QED) is 0.849. The number of rotatable bonds is 5. The molecule has 1 saturated heterocycles. The minimum Gasteiger partial charge on any atom is -0.482 e. The second-order valence-electron chi connectivity index (χ2n) is 6.50. The second kappa shape index (κ2) is 7.36. The van der Waals surface area contributed by atoms with Crippen LogP contribution in [0.2, 0.25) is 0 Å². The Morgan fingerprint density at radius 3 is 3.19 bits per heavy atom. The highest BCUT2D eigenvalue weighted by molar-refractivity contribution is 5.99. The van der Waals surface area contributed by atoms with Gasteiger partial charge in [0.15, 0.2) is 12.4 Å². The molecule has 3 heterocycles. The summed E-state index contributed by atoms with van der Waals surface area (Å²) >= 11 is 0. The van der Waals surface area contributed by atoms with E-state index in [0.29, 0.717) is 48.3 Å². The maximum Gasteiger partial charge on any atom is 0.262 e. The van der Waals surface area contributed by atoms with Gasteiger partial charge < -0.3 is 24.2 Å². The molecule has 142 valence electrons. The molecule has 1 fully saturated rings. The van der Waals surface area contributed by atoms with Gasteiger partial charge in [0.25, 0.3) is 11.8 Å². The number of likely N-dealkylation sites (tertiary alicyclic amines) is 1. The van der Waals surface area contributed by atoms with E-state index in [-0.39, 0.29) is 24.5 Å². The lowest BCUT2D eigenvalue weighted by molar-refractivity contribution is -0.118. The summed E-state index contributed by atoms with van der Waals surface area (Å²) in [6.45, 7) is 1.08. The van der Waals surface area contributed by atoms with Crippen LogP contribution in [0.4, 0.5) is 5.69 Å². The smallest absolute Gasteiger partial charge is 0.262 e. The number of hydrogen-bond donors (Lipinski definition) is 1. The second-order valence-corrected chi connectivity index (χ2v) is 6.50. The lowest BCUT2D eigenvalue weighted by Gasteiger charge is -2.23. The molecular weight excluding hydrogens is 352 g/mol. The number of amides is 2. The fourth-order valence-corrected chi connectivity index (χ4v) is 3.34. The zero-order valence-electron chi connectivity index (χ0n) is 14.9. The van der Waals surface area contributed by atoms with Crippen molar-refractivity contribution in [1.29, 1.82) is 0 Å². The molecule has 1 aromatic carbocycles. The number of anilines is 1. The van der Waals surface area contributed by atoms with Gasteiger partial charge in [0.2, 0.25) is 5.89 Å². The number of benzene rings is 1. The average molecular weight is 372 g/mol. The van der Waals surface area contributed by atoms with E-state index in [1.807, 2.05) is 0 Å². The summed E-state index contributed by atoms with van der Waals surface area (Å²) in [7, 11) is 1.62. The Morgan fingerprint density at radius 1 is 1.44 bits per heavy atom. The first-order chi connectivity index (χ1) is 13.2. The Kier molecular flexibility index (Phi) is 4.76. The molecule has 0 bridgehead atoms. The molecule has 2 aliphatic heterocycles. The molecule has 2 aromatic rings. The lowest BCUT2D eigenvalue weighted by atomic mass is 10.1. The van der Waals surface area contributed by atoms with Crippen LogP contribution in [0.5, 0.6) is 5.75 Å². The van der Waals surface area contributed by atoms with Crippen LogP contribution in [0, 0.1) is 0 Å². The van der Waals surface area contributed by atoms with Gasteiger partial charge >= 0.3 is 0 Å². The Labute approximate surface area is 155 Å². The molecule has 0 unspecified atom stereocenters. The van der Waals surface area contributed by atoms with Gasteiger partial charge in [-0.3, -0.25) is 9.59 Å². The highest BCUT2D eigenvalue weighted by atomic mass is 16.5.